The standard InChI is InChI=1S/C20H25NO5/c1-4-5-13-8-14(9-17(25-2)18(13)26-3)19(22)21-10-15(12-6-7-12)16(11-21)20(23)24/h4,8-9,12,15-16H,1,5-7,10-11H2,2-3H3,(H,23,24)/t15-,16+/m1/s1. The molecule has 1 saturated heterocycles. The Morgan fingerprint density at radius 2 is 2.00 bits per heavy atom. The van der Waals surface area contributed by atoms with E-state index < -0.39 is 11.9 Å². The van der Waals surface area contributed by atoms with E-state index in [1.54, 1.807) is 30.2 Å². The second-order valence-electron chi connectivity index (χ2n) is 7.02. The molecule has 0 bridgehead atoms. The summed E-state index contributed by atoms with van der Waals surface area (Å²) < 4.78 is 10.8. The van der Waals surface area contributed by atoms with Gasteiger partial charge >= 0.3 is 5.97 Å². The van der Waals surface area contributed by atoms with Crippen LogP contribution in [0.5, 0.6) is 11.5 Å². The van der Waals surface area contributed by atoms with E-state index >= 15 is 0 Å². The number of hydrogen-bond donors (Lipinski definition) is 1. The van der Waals surface area contributed by atoms with Gasteiger partial charge in [-0.15, -0.1) is 6.58 Å². The van der Waals surface area contributed by atoms with Crippen molar-refractivity contribution in [3.05, 3.63) is 35.9 Å². The highest BCUT2D eigenvalue weighted by Gasteiger charge is 2.47. The molecule has 1 aliphatic heterocycles. The average Bonchev–Trinajstić information content (AvgIpc) is 3.38. The fraction of sp³-hybridized carbons (Fsp3) is 0.500. The number of ether oxygens (including phenoxy) is 2. The number of allylic oxidation sites excluding steroid dienone is 1. The lowest BCUT2D eigenvalue weighted by molar-refractivity contribution is -0.142. The van der Waals surface area contributed by atoms with Crippen molar-refractivity contribution in [2.45, 2.75) is 19.3 Å². The normalized spacial score (nSPS) is 22.2. The Kier molecular flexibility index (Phi) is 5.20. The summed E-state index contributed by atoms with van der Waals surface area (Å²) in [7, 11) is 3.09. The van der Waals surface area contributed by atoms with Crippen LogP contribution in [0.4, 0.5) is 0 Å². The molecule has 26 heavy (non-hydrogen) atoms. The number of methoxy groups -OCH3 is 2. The van der Waals surface area contributed by atoms with Crippen LogP contribution in [0.3, 0.4) is 0 Å². The lowest BCUT2D eigenvalue weighted by Crippen LogP contribution is -2.30. The van der Waals surface area contributed by atoms with Crippen LogP contribution in [0.25, 0.3) is 0 Å². The second-order valence-corrected chi connectivity index (χ2v) is 7.02. The maximum atomic E-state index is 13.0. The van der Waals surface area contributed by atoms with Gasteiger partial charge in [0.25, 0.3) is 5.91 Å². The van der Waals surface area contributed by atoms with Gasteiger partial charge in [0.2, 0.25) is 0 Å². The van der Waals surface area contributed by atoms with Crippen LogP contribution in [0.1, 0.15) is 28.8 Å². The smallest absolute Gasteiger partial charge is 0.308 e. The molecule has 1 heterocycles. The molecule has 6 heteroatoms. The minimum atomic E-state index is -0.808. The van der Waals surface area contributed by atoms with Gasteiger partial charge in [0, 0.05) is 24.2 Å². The lowest BCUT2D eigenvalue weighted by Gasteiger charge is -2.19. The number of benzene rings is 1. The zero-order chi connectivity index (χ0) is 18.8. The van der Waals surface area contributed by atoms with Gasteiger partial charge in [0.05, 0.1) is 20.1 Å². The Morgan fingerprint density at radius 1 is 1.27 bits per heavy atom. The molecule has 1 N–H and O–H groups in total. The first-order chi connectivity index (χ1) is 12.5. The van der Waals surface area contributed by atoms with E-state index in [0.717, 1.165) is 18.4 Å². The number of nitrogens with zero attached hydrogens (tertiary/aromatic N) is 1. The van der Waals surface area contributed by atoms with Crippen LogP contribution in [-0.4, -0.2) is 49.2 Å². The largest absolute Gasteiger partial charge is 0.493 e. The Balaban J connectivity index is 1.88. The van der Waals surface area contributed by atoms with Crippen molar-refractivity contribution >= 4 is 11.9 Å². The molecule has 0 radical (unpaired) electrons. The average molecular weight is 359 g/mol. The van der Waals surface area contributed by atoms with Crippen molar-refractivity contribution in [2.75, 3.05) is 27.3 Å². The topological polar surface area (TPSA) is 76.1 Å². The van der Waals surface area contributed by atoms with E-state index in [2.05, 4.69) is 6.58 Å². The lowest BCUT2D eigenvalue weighted by atomic mass is 9.92. The van der Waals surface area contributed by atoms with Gasteiger partial charge in [0.1, 0.15) is 0 Å². The molecule has 3 rings (SSSR count). The first-order valence-corrected chi connectivity index (χ1v) is 8.88. The number of carbonyl (C=O) groups excluding carboxylic acids is 1. The Labute approximate surface area is 153 Å². The summed E-state index contributed by atoms with van der Waals surface area (Å²) in [6, 6.07) is 3.44. The van der Waals surface area contributed by atoms with Crippen LogP contribution >= 0.6 is 0 Å². The molecule has 0 aromatic heterocycles. The maximum absolute atomic E-state index is 13.0. The van der Waals surface area contributed by atoms with Gasteiger partial charge in [-0.25, -0.2) is 0 Å². The summed E-state index contributed by atoms with van der Waals surface area (Å²) in [6.07, 6.45) is 4.42. The molecule has 0 unspecified atom stereocenters. The van der Waals surface area contributed by atoms with Crippen molar-refractivity contribution < 1.29 is 24.2 Å². The van der Waals surface area contributed by atoms with Gasteiger partial charge in [-0.05, 0) is 43.2 Å². The summed E-state index contributed by atoms with van der Waals surface area (Å²) >= 11 is 0. The number of carboxylic acids is 1. The number of amides is 1. The van der Waals surface area contributed by atoms with Crippen molar-refractivity contribution in [1.29, 1.82) is 0 Å². The minimum absolute atomic E-state index is 0.0595. The van der Waals surface area contributed by atoms with Gasteiger partial charge in [-0.2, -0.15) is 0 Å². The molecule has 2 atom stereocenters. The Bertz CT molecular complexity index is 725. The number of carboxylic acid groups (broad SMARTS) is 1. The molecule has 1 saturated carbocycles. The maximum Gasteiger partial charge on any atom is 0.308 e. The van der Waals surface area contributed by atoms with Gasteiger partial charge in [-0.3, -0.25) is 9.59 Å². The first kappa shape index (κ1) is 18.3. The summed E-state index contributed by atoms with van der Waals surface area (Å²) in [5.41, 5.74) is 1.30. The summed E-state index contributed by atoms with van der Waals surface area (Å²) in [5.74, 6) is 0.134. The number of rotatable bonds is 7. The summed E-state index contributed by atoms with van der Waals surface area (Å²) in [6.45, 7) is 4.52. The van der Waals surface area contributed by atoms with Crippen molar-refractivity contribution in [3.63, 3.8) is 0 Å². The van der Waals surface area contributed by atoms with Crippen LogP contribution in [0, 0.1) is 17.8 Å². The highest BCUT2D eigenvalue weighted by molar-refractivity contribution is 5.96. The number of aliphatic carboxylic acids is 1. The van der Waals surface area contributed by atoms with E-state index in [4.69, 9.17) is 9.47 Å². The molecule has 2 fully saturated rings. The number of hydrogen-bond acceptors (Lipinski definition) is 4. The Morgan fingerprint density at radius 3 is 2.54 bits per heavy atom. The molecule has 2 aliphatic rings. The zero-order valence-corrected chi connectivity index (χ0v) is 15.2. The van der Waals surface area contributed by atoms with E-state index in [9.17, 15) is 14.7 Å². The molecular formula is C20H25NO5. The molecule has 1 amide bonds. The van der Waals surface area contributed by atoms with Crippen molar-refractivity contribution in [2.24, 2.45) is 17.8 Å². The van der Waals surface area contributed by atoms with Crippen molar-refractivity contribution in [3.8, 4) is 11.5 Å². The highest BCUT2D eigenvalue weighted by atomic mass is 16.5. The third-order valence-corrected chi connectivity index (χ3v) is 5.36. The van der Waals surface area contributed by atoms with E-state index in [1.807, 2.05) is 0 Å². The highest BCUT2D eigenvalue weighted by Crippen LogP contribution is 2.44. The third-order valence-electron chi connectivity index (χ3n) is 5.36. The van der Waals surface area contributed by atoms with Gasteiger partial charge < -0.3 is 19.5 Å². The number of likely N-dealkylation sites (tertiary alicyclic amines) is 1. The van der Waals surface area contributed by atoms with E-state index in [-0.39, 0.29) is 18.4 Å². The quantitative estimate of drug-likeness (QED) is 0.758. The minimum Gasteiger partial charge on any atom is -0.493 e. The summed E-state index contributed by atoms with van der Waals surface area (Å²) in [5, 5.41) is 9.51. The first-order valence-electron chi connectivity index (χ1n) is 8.88. The van der Waals surface area contributed by atoms with Crippen LogP contribution in [0.2, 0.25) is 0 Å². The fourth-order valence-electron chi connectivity index (χ4n) is 3.91. The molecule has 1 aromatic rings. The van der Waals surface area contributed by atoms with Gasteiger partial charge in [-0.1, -0.05) is 6.08 Å². The molecular weight excluding hydrogens is 334 g/mol. The fourth-order valence-corrected chi connectivity index (χ4v) is 3.91. The zero-order valence-electron chi connectivity index (χ0n) is 15.2. The molecule has 6 nitrogen and oxygen atoms in total. The predicted molar refractivity (Wildman–Crippen MR) is 96.7 cm³/mol. The van der Waals surface area contributed by atoms with E-state index in [0.29, 0.717) is 35.9 Å². The SMILES string of the molecule is C=CCc1cc(C(=O)N2C[C@H](C(=O)O)[C@@H](C3CC3)C2)cc(OC)c1OC. The second kappa shape index (κ2) is 7.40. The number of carbonyl (C=O) groups is 2. The van der Waals surface area contributed by atoms with Gasteiger partial charge in [0.15, 0.2) is 11.5 Å². The van der Waals surface area contributed by atoms with E-state index in [1.165, 1.54) is 7.11 Å². The monoisotopic (exact) mass is 359 g/mol. The molecule has 0 spiro atoms. The summed E-state index contributed by atoms with van der Waals surface area (Å²) in [4.78, 5) is 26.3. The van der Waals surface area contributed by atoms with Crippen LogP contribution in [0.15, 0.2) is 24.8 Å². The van der Waals surface area contributed by atoms with Crippen LogP contribution in [-0.2, 0) is 11.2 Å². The van der Waals surface area contributed by atoms with Crippen LogP contribution < -0.4 is 9.47 Å². The Hall–Kier alpha value is -2.50. The predicted octanol–water partition coefficient (Wildman–Crippen LogP) is 2.62. The third kappa shape index (κ3) is 3.41. The molecule has 1 aromatic carbocycles. The van der Waals surface area contributed by atoms with Crippen molar-refractivity contribution in [1.82, 2.24) is 4.90 Å². The molecule has 1 aliphatic carbocycles. The molecule has 140 valence electrons.